The highest BCUT2D eigenvalue weighted by molar-refractivity contribution is 6.19. The van der Waals surface area contributed by atoms with Crippen LogP contribution in [-0.4, -0.2) is 19.9 Å². The number of aromatic nitrogens is 4. The van der Waals surface area contributed by atoms with E-state index in [1.165, 1.54) is 33.0 Å². The van der Waals surface area contributed by atoms with Gasteiger partial charge in [-0.2, -0.15) is 0 Å². The molecule has 8 aromatic rings. The second kappa shape index (κ2) is 10.5. The van der Waals surface area contributed by atoms with Crippen LogP contribution in [0.4, 0.5) is 0 Å². The Labute approximate surface area is 273 Å². The third-order valence-electron chi connectivity index (χ3n) is 9.55. The molecule has 0 amide bonds. The van der Waals surface area contributed by atoms with E-state index < -0.39 is 0 Å². The Morgan fingerprint density at radius 1 is 0.489 bits per heavy atom. The number of para-hydroxylation sites is 1. The lowest BCUT2D eigenvalue weighted by atomic mass is 9.82. The first-order valence-electron chi connectivity index (χ1n) is 16.0. The van der Waals surface area contributed by atoms with Crippen molar-refractivity contribution < 1.29 is 0 Å². The number of hydrogen-bond donors (Lipinski definition) is 0. The van der Waals surface area contributed by atoms with Crippen molar-refractivity contribution in [2.24, 2.45) is 0 Å². The summed E-state index contributed by atoms with van der Waals surface area (Å²) in [7, 11) is 0. The smallest absolute Gasteiger partial charge is 0.160 e. The first kappa shape index (κ1) is 27.3. The molecule has 9 rings (SSSR count). The monoisotopic (exact) mass is 602 g/mol. The summed E-state index contributed by atoms with van der Waals surface area (Å²) in [6.45, 7) is 4.67. The van der Waals surface area contributed by atoms with Gasteiger partial charge in [-0.1, -0.05) is 129 Å². The van der Waals surface area contributed by atoms with E-state index in [9.17, 15) is 0 Å². The third kappa shape index (κ3) is 4.37. The lowest BCUT2D eigenvalue weighted by Gasteiger charge is -2.22. The summed E-state index contributed by atoms with van der Waals surface area (Å²) >= 11 is 0. The molecule has 0 fully saturated rings. The molecular formula is C43H30N4. The topological polar surface area (TPSA) is 51.6 Å². The standard InChI is InChI=1S/C43H30N4/c1-43(2)33-16-8-6-14-30(33)40-34(43)24-23-32-39(40)31-15-7-9-17-35(31)45-41(32)28-21-19-27(20-22-28)37-26-38(36-18-10-11-25-44-36)47-42(46-37)29-12-4-3-5-13-29/h3-26H,1-2H3. The average Bonchev–Trinajstić information content (AvgIpc) is 3.38. The fraction of sp³-hybridized carbons (Fsp3) is 0.0698. The first-order chi connectivity index (χ1) is 23.1. The molecule has 4 nitrogen and oxygen atoms in total. The minimum atomic E-state index is -0.0728. The fourth-order valence-electron chi connectivity index (χ4n) is 7.21. The molecule has 1 aliphatic rings. The van der Waals surface area contributed by atoms with Crippen LogP contribution in [0.3, 0.4) is 0 Å². The Kier molecular flexibility index (Phi) is 6.12. The molecule has 1 aliphatic carbocycles. The van der Waals surface area contributed by atoms with Crippen LogP contribution in [0.5, 0.6) is 0 Å². The second-order valence-corrected chi connectivity index (χ2v) is 12.7. The summed E-state index contributed by atoms with van der Waals surface area (Å²) < 4.78 is 0. The van der Waals surface area contributed by atoms with Crippen molar-refractivity contribution in [3.8, 4) is 56.4 Å². The lowest BCUT2D eigenvalue weighted by Crippen LogP contribution is -2.14. The molecule has 0 radical (unpaired) electrons. The predicted octanol–water partition coefficient (Wildman–Crippen LogP) is 10.5. The van der Waals surface area contributed by atoms with Gasteiger partial charge < -0.3 is 0 Å². The van der Waals surface area contributed by atoms with Crippen molar-refractivity contribution in [1.82, 2.24) is 19.9 Å². The second-order valence-electron chi connectivity index (χ2n) is 12.7. The number of fused-ring (bicyclic) bond motifs is 7. The van der Waals surface area contributed by atoms with Crippen LogP contribution in [0.1, 0.15) is 25.0 Å². The molecule has 0 aliphatic heterocycles. The van der Waals surface area contributed by atoms with Gasteiger partial charge >= 0.3 is 0 Å². The van der Waals surface area contributed by atoms with Crippen LogP contribution in [0.2, 0.25) is 0 Å². The Bertz CT molecular complexity index is 2410. The largest absolute Gasteiger partial charge is 0.255 e. The number of pyridine rings is 2. The van der Waals surface area contributed by atoms with Crippen LogP contribution < -0.4 is 0 Å². The van der Waals surface area contributed by atoms with E-state index in [4.69, 9.17) is 15.0 Å². The molecule has 0 saturated carbocycles. The number of nitrogens with zero attached hydrogens (tertiary/aromatic N) is 4. The molecule has 0 unspecified atom stereocenters. The third-order valence-corrected chi connectivity index (χ3v) is 9.55. The van der Waals surface area contributed by atoms with Crippen LogP contribution in [-0.2, 0) is 5.41 Å². The van der Waals surface area contributed by atoms with Gasteiger partial charge in [-0.25, -0.2) is 15.0 Å². The molecular weight excluding hydrogens is 573 g/mol. The van der Waals surface area contributed by atoms with E-state index in [2.05, 4.69) is 104 Å². The minimum absolute atomic E-state index is 0.0728. The lowest BCUT2D eigenvalue weighted by molar-refractivity contribution is 0.661. The fourth-order valence-corrected chi connectivity index (χ4v) is 7.21. The van der Waals surface area contributed by atoms with E-state index in [-0.39, 0.29) is 5.41 Å². The molecule has 0 bridgehead atoms. The van der Waals surface area contributed by atoms with Gasteiger partial charge in [0.2, 0.25) is 0 Å². The minimum Gasteiger partial charge on any atom is -0.255 e. The van der Waals surface area contributed by atoms with E-state index in [0.717, 1.165) is 50.4 Å². The molecule has 222 valence electrons. The average molecular weight is 603 g/mol. The normalized spacial score (nSPS) is 13.1. The quantitative estimate of drug-likeness (QED) is 0.188. The van der Waals surface area contributed by atoms with Gasteiger partial charge in [0.15, 0.2) is 5.82 Å². The summed E-state index contributed by atoms with van der Waals surface area (Å²) in [6, 6.07) is 48.6. The maximum Gasteiger partial charge on any atom is 0.160 e. The molecule has 0 atom stereocenters. The van der Waals surface area contributed by atoms with Gasteiger partial charge in [0.1, 0.15) is 0 Å². The van der Waals surface area contributed by atoms with Crippen molar-refractivity contribution in [2.75, 3.05) is 0 Å². The summed E-state index contributed by atoms with van der Waals surface area (Å²) in [5.74, 6) is 0.673. The highest BCUT2D eigenvalue weighted by Gasteiger charge is 2.36. The Hall–Kier alpha value is -6.00. The Morgan fingerprint density at radius 3 is 2.04 bits per heavy atom. The first-order valence-corrected chi connectivity index (χ1v) is 16.0. The van der Waals surface area contributed by atoms with Crippen molar-refractivity contribution >= 4 is 21.7 Å². The summed E-state index contributed by atoms with van der Waals surface area (Å²) in [4.78, 5) is 19.8. The highest BCUT2D eigenvalue weighted by atomic mass is 14.9. The molecule has 4 heteroatoms. The molecule has 47 heavy (non-hydrogen) atoms. The zero-order chi connectivity index (χ0) is 31.5. The molecule has 0 spiro atoms. The molecule has 0 N–H and O–H groups in total. The number of benzene rings is 5. The van der Waals surface area contributed by atoms with Gasteiger partial charge in [0, 0.05) is 44.5 Å². The van der Waals surface area contributed by atoms with Crippen LogP contribution in [0.15, 0.2) is 146 Å². The van der Waals surface area contributed by atoms with Crippen molar-refractivity contribution in [1.29, 1.82) is 0 Å². The summed E-state index contributed by atoms with van der Waals surface area (Å²) in [5.41, 5.74) is 12.8. The van der Waals surface area contributed by atoms with E-state index in [1.54, 1.807) is 6.20 Å². The van der Waals surface area contributed by atoms with E-state index in [1.807, 2.05) is 54.6 Å². The zero-order valence-electron chi connectivity index (χ0n) is 26.1. The Balaban J connectivity index is 1.22. The molecule has 5 aromatic carbocycles. The van der Waals surface area contributed by atoms with Crippen LogP contribution in [0, 0.1) is 0 Å². The SMILES string of the molecule is CC1(C)c2ccccc2-c2c1ccc1c(-c3ccc(-c4cc(-c5ccccn5)nc(-c5ccccc5)n4)cc3)nc3ccccc3c21. The van der Waals surface area contributed by atoms with Gasteiger partial charge in [0.05, 0.1) is 28.3 Å². The maximum atomic E-state index is 5.27. The summed E-state index contributed by atoms with van der Waals surface area (Å²) in [5, 5.41) is 3.62. The molecule has 3 aromatic heterocycles. The van der Waals surface area contributed by atoms with Crippen molar-refractivity contribution in [2.45, 2.75) is 19.3 Å². The molecule has 0 saturated heterocycles. The van der Waals surface area contributed by atoms with Gasteiger partial charge in [0.25, 0.3) is 0 Å². The van der Waals surface area contributed by atoms with E-state index >= 15 is 0 Å². The number of rotatable bonds is 4. The predicted molar refractivity (Wildman–Crippen MR) is 192 cm³/mol. The van der Waals surface area contributed by atoms with Gasteiger partial charge in [-0.15, -0.1) is 0 Å². The molecule has 3 heterocycles. The Morgan fingerprint density at radius 2 is 1.21 bits per heavy atom. The van der Waals surface area contributed by atoms with Gasteiger partial charge in [-0.05, 0) is 46.5 Å². The van der Waals surface area contributed by atoms with Crippen LogP contribution in [0.25, 0.3) is 78.1 Å². The number of hydrogen-bond acceptors (Lipinski definition) is 4. The van der Waals surface area contributed by atoms with Gasteiger partial charge in [-0.3, -0.25) is 4.98 Å². The highest BCUT2D eigenvalue weighted by Crippen LogP contribution is 2.53. The maximum absolute atomic E-state index is 5.27. The zero-order valence-corrected chi connectivity index (χ0v) is 26.1. The van der Waals surface area contributed by atoms with E-state index in [0.29, 0.717) is 5.82 Å². The van der Waals surface area contributed by atoms with Crippen LogP contribution >= 0.6 is 0 Å². The van der Waals surface area contributed by atoms with Crippen molar-refractivity contribution in [3.05, 3.63) is 157 Å². The van der Waals surface area contributed by atoms with Crippen molar-refractivity contribution in [3.63, 3.8) is 0 Å². The summed E-state index contributed by atoms with van der Waals surface area (Å²) in [6.07, 6.45) is 1.80.